The predicted molar refractivity (Wildman–Crippen MR) is 53.4 cm³/mol. The molecule has 2 rings (SSSR count). The smallest absolute Gasteiger partial charge is 0.421 e. The molecule has 1 atom stereocenters. The third kappa shape index (κ3) is 2.26. The quantitative estimate of drug-likeness (QED) is 0.477. The van der Waals surface area contributed by atoms with Crippen molar-refractivity contribution in [1.29, 1.82) is 0 Å². The molecule has 10 heteroatoms. The van der Waals surface area contributed by atoms with E-state index in [4.69, 9.17) is 0 Å². The van der Waals surface area contributed by atoms with Crippen LogP contribution < -0.4 is 4.74 Å². The van der Waals surface area contributed by atoms with Crippen LogP contribution in [0.1, 0.15) is 0 Å². The zero-order chi connectivity index (χ0) is 15.9. The van der Waals surface area contributed by atoms with Gasteiger partial charge in [-0.1, -0.05) is 18.2 Å². The monoisotopic (exact) mass is 312 g/mol. The Hall–Kier alpha value is -2.39. The average Bonchev–Trinajstić information content (AvgIpc) is 2.37. The van der Waals surface area contributed by atoms with Crippen LogP contribution in [0.25, 0.3) is 0 Å². The molecule has 21 heavy (non-hydrogen) atoms. The van der Waals surface area contributed by atoms with Crippen LogP contribution in [-0.4, -0.2) is 30.0 Å². The number of carbonyl (C=O) groups excluding carboxylic acids is 2. The number of hydrogen-bond donors (Lipinski definition) is 0. The minimum Gasteiger partial charge on any atom is -0.421 e. The fraction of sp³-hybridized carbons (Fsp3) is 0.273. The van der Waals surface area contributed by atoms with Crippen molar-refractivity contribution in [2.45, 2.75) is 17.9 Å². The molecule has 1 aliphatic heterocycles. The number of ether oxygens (including phenoxy) is 3. The summed E-state index contributed by atoms with van der Waals surface area (Å²) in [5.74, 6) is -13.7. The van der Waals surface area contributed by atoms with Crippen LogP contribution in [0.5, 0.6) is 5.75 Å². The number of para-hydroxylation sites is 1. The summed E-state index contributed by atoms with van der Waals surface area (Å²) in [7, 11) is 0. The zero-order valence-electron chi connectivity index (χ0n) is 9.82. The van der Waals surface area contributed by atoms with Gasteiger partial charge in [-0.15, -0.1) is 0 Å². The fourth-order valence-electron chi connectivity index (χ4n) is 1.39. The first-order valence-corrected chi connectivity index (χ1v) is 5.24. The number of benzene rings is 1. The first-order chi connectivity index (χ1) is 9.60. The molecule has 0 saturated carbocycles. The zero-order valence-corrected chi connectivity index (χ0v) is 9.82. The van der Waals surface area contributed by atoms with Crippen LogP contribution in [0.3, 0.4) is 0 Å². The fourth-order valence-corrected chi connectivity index (χ4v) is 1.39. The van der Waals surface area contributed by atoms with E-state index in [2.05, 4.69) is 14.2 Å². The molecule has 1 saturated heterocycles. The van der Waals surface area contributed by atoms with Crippen LogP contribution in [0.15, 0.2) is 30.3 Å². The number of carbonyl (C=O) groups is 2. The van der Waals surface area contributed by atoms with E-state index in [-0.39, 0.29) is 0 Å². The van der Waals surface area contributed by atoms with Gasteiger partial charge in [-0.05, 0) is 12.1 Å². The second kappa shape index (κ2) is 4.57. The lowest BCUT2D eigenvalue weighted by Crippen LogP contribution is -2.68. The van der Waals surface area contributed by atoms with Gasteiger partial charge in [-0.3, -0.25) is 0 Å². The van der Waals surface area contributed by atoms with Crippen molar-refractivity contribution in [3.8, 4) is 5.75 Å². The lowest BCUT2D eigenvalue weighted by molar-refractivity contribution is -0.419. The summed E-state index contributed by atoms with van der Waals surface area (Å²) in [5, 5.41) is 0. The number of halogens is 5. The number of cyclic esters (lactones) is 2. The van der Waals surface area contributed by atoms with Crippen molar-refractivity contribution in [3.05, 3.63) is 30.3 Å². The maximum Gasteiger partial charge on any atom is 0.516 e. The Morgan fingerprint density at radius 3 is 2.14 bits per heavy atom. The molecule has 0 aromatic heterocycles. The Kier molecular flexibility index (Phi) is 3.27. The van der Waals surface area contributed by atoms with E-state index < -0.39 is 35.8 Å². The molecule has 1 aliphatic rings. The molecule has 0 spiro atoms. The van der Waals surface area contributed by atoms with Crippen molar-refractivity contribution in [1.82, 2.24) is 0 Å². The van der Waals surface area contributed by atoms with Gasteiger partial charge in [0.2, 0.25) is 0 Å². The van der Waals surface area contributed by atoms with E-state index in [9.17, 15) is 31.5 Å². The lowest BCUT2D eigenvalue weighted by atomic mass is 10.1. The highest BCUT2D eigenvalue weighted by Gasteiger charge is 2.83. The van der Waals surface area contributed by atoms with Gasteiger partial charge in [0.25, 0.3) is 0 Å². The molecule has 1 aromatic carbocycles. The average molecular weight is 312 g/mol. The summed E-state index contributed by atoms with van der Waals surface area (Å²) in [6.45, 7) is 0. The molecule has 1 fully saturated rings. The molecule has 5 nitrogen and oxygen atoms in total. The lowest BCUT2D eigenvalue weighted by Gasteiger charge is -2.37. The number of alkyl halides is 5. The Bertz CT molecular complexity index is 576. The summed E-state index contributed by atoms with van der Waals surface area (Å²) >= 11 is 0. The highest BCUT2D eigenvalue weighted by molar-refractivity contribution is 5.84. The van der Waals surface area contributed by atoms with Crippen LogP contribution in [0.2, 0.25) is 0 Å². The highest BCUT2D eigenvalue weighted by Crippen LogP contribution is 2.50. The molecule has 114 valence electrons. The van der Waals surface area contributed by atoms with Gasteiger partial charge in [0.15, 0.2) is 0 Å². The number of esters is 1. The predicted octanol–water partition coefficient (Wildman–Crippen LogP) is 2.65. The number of rotatable bonds is 2. The van der Waals surface area contributed by atoms with Crippen LogP contribution in [-0.2, 0) is 14.3 Å². The molecule has 1 unspecified atom stereocenters. The molecule has 0 amide bonds. The van der Waals surface area contributed by atoms with Gasteiger partial charge >= 0.3 is 30.0 Å². The van der Waals surface area contributed by atoms with Crippen LogP contribution in [0.4, 0.5) is 26.7 Å². The normalized spacial score (nSPS) is 26.4. The van der Waals surface area contributed by atoms with E-state index in [1.165, 1.54) is 18.2 Å². The molecule has 0 aliphatic carbocycles. The van der Waals surface area contributed by atoms with Crippen LogP contribution in [0, 0.1) is 0 Å². The highest BCUT2D eigenvalue weighted by atomic mass is 19.3. The second-order valence-corrected chi connectivity index (χ2v) is 3.84. The van der Waals surface area contributed by atoms with Crippen molar-refractivity contribution in [2.75, 3.05) is 0 Å². The van der Waals surface area contributed by atoms with E-state index in [0.717, 1.165) is 12.1 Å². The van der Waals surface area contributed by atoms with Crippen molar-refractivity contribution in [3.63, 3.8) is 0 Å². The Balaban J connectivity index is 2.34. The summed E-state index contributed by atoms with van der Waals surface area (Å²) in [6, 6.07) is 6.20. The topological polar surface area (TPSA) is 61.8 Å². The van der Waals surface area contributed by atoms with E-state index in [0.29, 0.717) is 0 Å². The summed E-state index contributed by atoms with van der Waals surface area (Å²) in [6.07, 6.45) is -8.05. The standard InChI is InChI=1S/C11H5F5O5/c12-9(7(17)19-6-4-2-1-3-5-6)10(13,14)11(15,16)21-8(18)20-9/h1-5H. The van der Waals surface area contributed by atoms with E-state index >= 15 is 0 Å². The maximum absolute atomic E-state index is 13.9. The third-order valence-corrected chi connectivity index (χ3v) is 2.42. The van der Waals surface area contributed by atoms with Gasteiger partial charge in [-0.25, -0.2) is 9.59 Å². The Labute approximate surface area is 113 Å². The summed E-state index contributed by atoms with van der Waals surface area (Å²) in [5.41, 5.74) is 0. The third-order valence-electron chi connectivity index (χ3n) is 2.42. The van der Waals surface area contributed by atoms with Gasteiger partial charge < -0.3 is 14.2 Å². The van der Waals surface area contributed by atoms with Crippen molar-refractivity contribution in [2.24, 2.45) is 0 Å². The maximum atomic E-state index is 13.9. The second-order valence-electron chi connectivity index (χ2n) is 3.84. The first kappa shape index (κ1) is 15.0. The molecule has 0 bridgehead atoms. The number of hydrogen-bond acceptors (Lipinski definition) is 5. The minimum atomic E-state index is -5.78. The molecule has 0 N–H and O–H groups in total. The Morgan fingerprint density at radius 1 is 1.00 bits per heavy atom. The van der Waals surface area contributed by atoms with Gasteiger partial charge in [-0.2, -0.15) is 22.0 Å². The summed E-state index contributed by atoms with van der Waals surface area (Å²) in [4.78, 5) is 22.0. The van der Waals surface area contributed by atoms with Crippen LogP contribution >= 0.6 is 0 Å². The first-order valence-electron chi connectivity index (χ1n) is 5.24. The summed E-state index contributed by atoms with van der Waals surface area (Å²) < 4.78 is 76.8. The molecule has 0 radical (unpaired) electrons. The van der Waals surface area contributed by atoms with E-state index in [1.54, 1.807) is 0 Å². The van der Waals surface area contributed by atoms with Crippen molar-refractivity contribution >= 4 is 12.1 Å². The molecular formula is C11H5F5O5. The molecule has 1 aromatic rings. The molecule has 1 heterocycles. The van der Waals surface area contributed by atoms with Crippen molar-refractivity contribution < 1.29 is 45.8 Å². The van der Waals surface area contributed by atoms with Gasteiger partial charge in [0.1, 0.15) is 5.75 Å². The largest absolute Gasteiger partial charge is 0.516 e. The van der Waals surface area contributed by atoms with Gasteiger partial charge in [0.05, 0.1) is 0 Å². The van der Waals surface area contributed by atoms with Gasteiger partial charge in [0, 0.05) is 0 Å². The molecular weight excluding hydrogens is 307 g/mol. The van der Waals surface area contributed by atoms with E-state index in [1.807, 2.05) is 0 Å². The SMILES string of the molecule is O=C1OC(F)(F)C(F)(F)C(F)(C(=O)Oc2ccccc2)O1. The Morgan fingerprint density at radius 2 is 1.57 bits per heavy atom. The minimum absolute atomic E-state index is 0.416.